The van der Waals surface area contributed by atoms with E-state index in [9.17, 15) is 22.4 Å². The van der Waals surface area contributed by atoms with E-state index < -0.39 is 30.5 Å². The average Bonchev–Trinajstić information content (AvgIpc) is 2.98. The predicted octanol–water partition coefficient (Wildman–Crippen LogP) is 3.34. The highest BCUT2D eigenvalue weighted by Crippen LogP contribution is 2.41. The molecule has 0 radical (unpaired) electrons. The average molecular weight is 433 g/mol. The van der Waals surface area contributed by atoms with Crippen molar-refractivity contribution in [1.29, 1.82) is 0 Å². The van der Waals surface area contributed by atoms with Crippen LogP contribution in [0, 0.1) is 17.7 Å². The van der Waals surface area contributed by atoms with E-state index >= 15 is 0 Å². The quantitative estimate of drug-likeness (QED) is 0.581. The zero-order valence-corrected chi connectivity index (χ0v) is 16.8. The molecule has 0 aliphatic carbocycles. The van der Waals surface area contributed by atoms with Crippen LogP contribution in [-0.4, -0.2) is 37.1 Å². The number of alkyl halides is 3. The molecular weight excluding hydrogens is 414 g/mol. The summed E-state index contributed by atoms with van der Waals surface area (Å²) in [5.41, 5.74) is 5.12. The van der Waals surface area contributed by atoms with Crippen LogP contribution in [0.1, 0.15) is 29.2 Å². The smallest absolute Gasteiger partial charge is 0.387 e. The number of hydrogen-bond donors (Lipinski definition) is 1. The number of carbonyl (C=O) groups is 1. The molecule has 0 fully saturated rings. The van der Waals surface area contributed by atoms with Crippen LogP contribution in [0.25, 0.3) is 0 Å². The SMILES string of the molecule is CCc1cc([C@@]2(c3ccc(F)c(C#CCF)c3)N=C(N)N(C)C2=O)ccc1OC(F)F. The Hall–Kier alpha value is -3.54. The molecule has 3 rings (SSSR count). The fraction of sp³-hybridized carbons (Fsp3) is 0.273. The lowest BCUT2D eigenvalue weighted by Gasteiger charge is -2.27. The molecule has 2 aromatic carbocycles. The first-order chi connectivity index (χ1) is 14.7. The van der Waals surface area contributed by atoms with Gasteiger partial charge in [-0.25, -0.2) is 13.8 Å². The summed E-state index contributed by atoms with van der Waals surface area (Å²) >= 11 is 0. The lowest BCUT2D eigenvalue weighted by molar-refractivity contribution is -0.129. The molecule has 1 aliphatic heterocycles. The highest BCUT2D eigenvalue weighted by Gasteiger charge is 2.50. The van der Waals surface area contributed by atoms with Crippen LogP contribution < -0.4 is 10.5 Å². The van der Waals surface area contributed by atoms with E-state index in [0.29, 0.717) is 17.5 Å². The van der Waals surface area contributed by atoms with E-state index in [4.69, 9.17) is 5.73 Å². The minimum atomic E-state index is -3.01. The third-order valence-electron chi connectivity index (χ3n) is 4.99. The molecule has 2 aromatic rings. The van der Waals surface area contributed by atoms with Gasteiger partial charge in [-0.1, -0.05) is 30.9 Å². The first-order valence-corrected chi connectivity index (χ1v) is 9.31. The van der Waals surface area contributed by atoms with Crippen molar-refractivity contribution < 1.29 is 27.1 Å². The number of benzene rings is 2. The van der Waals surface area contributed by atoms with E-state index in [0.717, 1.165) is 11.0 Å². The molecule has 2 N–H and O–H groups in total. The normalized spacial score (nSPS) is 18.1. The van der Waals surface area contributed by atoms with E-state index in [1.807, 2.05) is 0 Å². The van der Waals surface area contributed by atoms with Crippen molar-refractivity contribution in [1.82, 2.24) is 4.90 Å². The number of nitrogens with two attached hydrogens (primary N) is 1. The van der Waals surface area contributed by atoms with Crippen molar-refractivity contribution in [2.24, 2.45) is 10.7 Å². The third kappa shape index (κ3) is 3.93. The summed E-state index contributed by atoms with van der Waals surface area (Å²) in [6.07, 6.45) is 0.339. The van der Waals surface area contributed by atoms with Crippen molar-refractivity contribution in [2.45, 2.75) is 25.5 Å². The zero-order chi connectivity index (χ0) is 22.8. The van der Waals surface area contributed by atoms with Gasteiger partial charge in [0.05, 0.1) is 5.56 Å². The maximum Gasteiger partial charge on any atom is 0.387 e. The van der Waals surface area contributed by atoms with Gasteiger partial charge in [-0.3, -0.25) is 9.69 Å². The van der Waals surface area contributed by atoms with Gasteiger partial charge in [0.15, 0.2) is 18.2 Å². The molecule has 1 heterocycles. The Morgan fingerprint density at radius 2 is 1.90 bits per heavy atom. The van der Waals surface area contributed by atoms with Crippen LogP contribution in [0.2, 0.25) is 0 Å². The Morgan fingerprint density at radius 3 is 2.48 bits per heavy atom. The molecule has 31 heavy (non-hydrogen) atoms. The Labute approximate surface area is 176 Å². The molecule has 0 bridgehead atoms. The van der Waals surface area contributed by atoms with Gasteiger partial charge in [-0.2, -0.15) is 8.78 Å². The molecule has 1 aliphatic rings. The zero-order valence-electron chi connectivity index (χ0n) is 16.8. The number of amides is 1. The number of nitrogens with zero attached hydrogens (tertiary/aromatic N) is 2. The van der Waals surface area contributed by atoms with Crippen molar-refractivity contribution in [2.75, 3.05) is 13.7 Å². The number of ether oxygens (including phenoxy) is 1. The van der Waals surface area contributed by atoms with E-state index in [1.165, 1.54) is 37.4 Å². The number of guanidine groups is 1. The van der Waals surface area contributed by atoms with E-state index in [1.54, 1.807) is 6.92 Å². The summed E-state index contributed by atoms with van der Waals surface area (Å²) in [6.45, 7) is -2.23. The minimum Gasteiger partial charge on any atom is -0.435 e. The van der Waals surface area contributed by atoms with Gasteiger partial charge in [0.2, 0.25) is 0 Å². The van der Waals surface area contributed by atoms with Crippen molar-refractivity contribution >= 4 is 11.9 Å². The van der Waals surface area contributed by atoms with Crippen molar-refractivity contribution in [3.05, 3.63) is 64.5 Å². The lowest BCUT2D eigenvalue weighted by atomic mass is 9.81. The summed E-state index contributed by atoms with van der Waals surface area (Å²) < 4.78 is 56.7. The molecule has 0 aromatic heterocycles. The van der Waals surface area contributed by atoms with Gasteiger partial charge in [-0.15, -0.1) is 0 Å². The maximum atomic E-state index is 14.2. The Morgan fingerprint density at radius 1 is 1.23 bits per heavy atom. The Kier molecular flexibility index (Phi) is 6.20. The summed E-state index contributed by atoms with van der Waals surface area (Å²) in [7, 11) is 1.44. The fourth-order valence-corrected chi connectivity index (χ4v) is 3.45. The van der Waals surface area contributed by atoms with Gasteiger partial charge in [0.25, 0.3) is 5.91 Å². The molecule has 0 saturated carbocycles. The summed E-state index contributed by atoms with van der Waals surface area (Å²) in [5, 5.41) is 0. The number of carbonyl (C=O) groups excluding carboxylic acids is 1. The second-order valence-electron chi connectivity index (χ2n) is 6.73. The topological polar surface area (TPSA) is 67.9 Å². The van der Waals surface area contributed by atoms with Crippen LogP contribution in [0.5, 0.6) is 5.75 Å². The van der Waals surface area contributed by atoms with Gasteiger partial charge in [0.1, 0.15) is 11.6 Å². The molecule has 0 unspecified atom stereocenters. The number of aliphatic imine (C=N–C) groups is 1. The predicted molar refractivity (Wildman–Crippen MR) is 107 cm³/mol. The lowest BCUT2D eigenvalue weighted by Crippen LogP contribution is -2.41. The summed E-state index contributed by atoms with van der Waals surface area (Å²) in [6, 6.07) is 8.06. The largest absolute Gasteiger partial charge is 0.435 e. The molecule has 5 nitrogen and oxygen atoms in total. The molecule has 162 valence electrons. The number of aryl methyl sites for hydroxylation is 1. The number of halogens is 4. The number of hydrogen-bond acceptors (Lipinski definition) is 4. The van der Waals surface area contributed by atoms with Gasteiger partial charge in [-0.05, 0) is 47.4 Å². The van der Waals surface area contributed by atoms with Gasteiger partial charge < -0.3 is 10.5 Å². The monoisotopic (exact) mass is 433 g/mol. The summed E-state index contributed by atoms with van der Waals surface area (Å²) in [5.74, 6) is 3.21. The Balaban J connectivity index is 2.26. The molecule has 1 atom stereocenters. The standard InChI is InChI=1S/C22H19F4N3O2/c1-3-13-11-16(7-9-18(13)31-20(25)26)22(19(30)29(2)21(27)28-22)15-6-8-17(24)14(12-15)5-4-10-23/h6-9,11-12,20H,3,10H2,1-2H3,(H2,27,28)/t22-/m1/s1. The highest BCUT2D eigenvalue weighted by molar-refractivity contribution is 6.09. The Bertz CT molecular complexity index is 1110. The molecule has 0 saturated heterocycles. The van der Waals surface area contributed by atoms with Crippen LogP contribution in [0.15, 0.2) is 41.4 Å². The van der Waals surface area contributed by atoms with Crippen LogP contribution in [0.4, 0.5) is 17.6 Å². The highest BCUT2D eigenvalue weighted by atomic mass is 19.3. The molecule has 0 spiro atoms. The van der Waals surface area contributed by atoms with Crippen LogP contribution >= 0.6 is 0 Å². The third-order valence-corrected chi connectivity index (χ3v) is 4.99. The van der Waals surface area contributed by atoms with E-state index in [-0.39, 0.29) is 22.8 Å². The second-order valence-corrected chi connectivity index (χ2v) is 6.73. The number of rotatable bonds is 5. The number of likely N-dealkylation sites (N-methyl/N-ethyl adjacent to an activating group) is 1. The molecule has 9 heteroatoms. The molecular formula is C22H19F4N3O2. The second kappa shape index (κ2) is 8.68. The van der Waals surface area contributed by atoms with Crippen molar-refractivity contribution in [3.63, 3.8) is 0 Å². The van der Waals surface area contributed by atoms with E-state index in [2.05, 4.69) is 21.6 Å². The first-order valence-electron chi connectivity index (χ1n) is 9.31. The first kappa shape index (κ1) is 22.2. The molecule has 1 amide bonds. The maximum absolute atomic E-state index is 14.2. The van der Waals surface area contributed by atoms with Crippen LogP contribution in [-0.2, 0) is 16.8 Å². The fourth-order valence-electron chi connectivity index (χ4n) is 3.45. The van der Waals surface area contributed by atoms with Crippen LogP contribution in [0.3, 0.4) is 0 Å². The van der Waals surface area contributed by atoms with Gasteiger partial charge >= 0.3 is 6.61 Å². The minimum absolute atomic E-state index is 0.0271. The summed E-state index contributed by atoms with van der Waals surface area (Å²) in [4.78, 5) is 18.8. The van der Waals surface area contributed by atoms with Gasteiger partial charge in [0, 0.05) is 7.05 Å². The van der Waals surface area contributed by atoms with Crippen molar-refractivity contribution in [3.8, 4) is 17.6 Å².